The summed E-state index contributed by atoms with van der Waals surface area (Å²) in [5, 5.41) is 9.44. The topological polar surface area (TPSA) is 53.4 Å². The van der Waals surface area contributed by atoms with Gasteiger partial charge in [-0.15, -0.1) is 0 Å². The van der Waals surface area contributed by atoms with Crippen molar-refractivity contribution >= 4 is 5.97 Å². The van der Waals surface area contributed by atoms with Crippen LogP contribution in [0.15, 0.2) is 42.7 Å². The number of halogens is 1. The molecular formula is C16H15FN2O2. The van der Waals surface area contributed by atoms with Crippen LogP contribution in [-0.2, 0) is 24.3 Å². The van der Waals surface area contributed by atoms with E-state index >= 15 is 0 Å². The van der Waals surface area contributed by atoms with Crippen LogP contribution >= 0.6 is 0 Å². The maximum absolute atomic E-state index is 13.2. The number of nitrogens with zero attached hydrogens (tertiary/aromatic N) is 2. The predicted molar refractivity (Wildman–Crippen MR) is 75.0 cm³/mol. The van der Waals surface area contributed by atoms with E-state index in [0.29, 0.717) is 25.1 Å². The van der Waals surface area contributed by atoms with E-state index in [1.807, 2.05) is 29.2 Å². The zero-order valence-electron chi connectivity index (χ0n) is 11.4. The minimum atomic E-state index is -0.853. The molecule has 5 heteroatoms. The number of fused-ring (bicyclic) bond motifs is 1. The molecule has 0 aliphatic carbocycles. The summed E-state index contributed by atoms with van der Waals surface area (Å²) in [6.45, 7) is 0.916. The standard InChI is InChI=1S/C16H15FN2O2/c17-14-5-11(7-18-8-14)9-19-10-13-4-2-1-3-12(13)6-15(19)16(20)21/h1-5,7-8,15H,6,9-10H2,(H,20,21)/t15-/m0/s1. The van der Waals surface area contributed by atoms with Gasteiger partial charge in [0, 0.05) is 19.3 Å². The van der Waals surface area contributed by atoms with E-state index < -0.39 is 17.8 Å². The lowest BCUT2D eigenvalue weighted by Crippen LogP contribution is -2.45. The number of carboxylic acids is 1. The number of aromatic nitrogens is 1. The lowest BCUT2D eigenvalue weighted by molar-refractivity contribution is -0.144. The van der Waals surface area contributed by atoms with Gasteiger partial charge in [0.15, 0.2) is 0 Å². The summed E-state index contributed by atoms with van der Waals surface area (Å²) in [7, 11) is 0. The molecule has 108 valence electrons. The quantitative estimate of drug-likeness (QED) is 0.940. The Morgan fingerprint density at radius 2 is 2.10 bits per heavy atom. The number of aliphatic carboxylic acids is 1. The van der Waals surface area contributed by atoms with Gasteiger partial charge in [-0.1, -0.05) is 24.3 Å². The molecule has 0 amide bonds. The lowest BCUT2D eigenvalue weighted by atomic mass is 9.93. The fraction of sp³-hybridized carbons (Fsp3) is 0.250. The molecule has 1 N–H and O–H groups in total. The molecule has 0 spiro atoms. The zero-order chi connectivity index (χ0) is 14.8. The second kappa shape index (κ2) is 5.61. The zero-order valence-corrected chi connectivity index (χ0v) is 11.4. The highest BCUT2D eigenvalue weighted by Gasteiger charge is 2.31. The van der Waals surface area contributed by atoms with Crippen molar-refractivity contribution < 1.29 is 14.3 Å². The minimum absolute atomic E-state index is 0.371. The highest BCUT2D eigenvalue weighted by atomic mass is 19.1. The first-order valence-electron chi connectivity index (χ1n) is 6.76. The van der Waals surface area contributed by atoms with Gasteiger partial charge < -0.3 is 5.11 Å². The summed E-state index contributed by atoms with van der Waals surface area (Å²) >= 11 is 0. The molecule has 0 saturated heterocycles. The maximum Gasteiger partial charge on any atom is 0.321 e. The molecule has 0 unspecified atom stereocenters. The highest BCUT2D eigenvalue weighted by Crippen LogP contribution is 2.25. The third-order valence-corrected chi connectivity index (χ3v) is 3.78. The largest absolute Gasteiger partial charge is 0.480 e. The molecule has 2 aromatic rings. The summed E-state index contributed by atoms with van der Waals surface area (Å²) in [5.41, 5.74) is 2.87. The second-order valence-electron chi connectivity index (χ2n) is 5.24. The van der Waals surface area contributed by atoms with Gasteiger partial charge in [0.2, 0.25) is 0 Å². The van der Waals surface area contributed by atoms with Gasteiger partial charge in [0.25, 0.3) is 0 Å². The van der Waals surface area contributed by atoms with Crippen LogP contribution in [0.4, 0.5) is 4.39 Å². The molecule has 1 aliphatic heterocycles. The molecule has 4 nitrogen and oxygen atoms in total. The normalized spacial score (nSPS) is 18.2. The molecule has 0 radical (unpaired) electrons. The third kappa shape index (κ3) is 2.92. The van der Waals surface area contributed by atoms with Crippen molar-refractivity contribution in [2.24, 2.45) is 0 Å². The summed E-state index contributed by atoms with van der Waals surface area (Å²) in [6.07, 6.45) is 3.18. The Balaban J connectivity index is 1.87. The lowest BCUT2D eigenvalue weighted by Gasteiger charge is -2.34. The number of carbonyl (C=O) groups is 1. The van der Waals surface area contributed by atoms with Crippen LogP contribution < -0.4 is 0 Å². The van der Waals surface area contributed by atoms with Crippen LogP contribution in [0.2, 0.25) is 0 Å². The Kier molecular flexibility index (Phi) is 3.66. The highest BCUT2D eigenvalue weighted by molar-refractivity contribution is 5.74. The van der Waals surface area contributed by atoms with E-state index in [9.17, 15) is 14.3 Å². The molecule has 21 heavy (non-hydrogen) atoms. The molecule has 1 atom stereocenters. The summed E-state index contributed by atoms with van der Waals surface area (Å²) in [4.78, 5) is 17.2. The second-order valence-corrected chi connectivity index (χ2v) is 5.24. The van der Waals surface area contributed by atoms with E-state index in [4.69, 9.17) is 0 Å². The first-order valence-corrected chi connectivity index (χ1v) is 6.76. The number of hydrogen-bond donors (Lipinski definition) is 1. The minimum Gasteiger partial charge on any atom is -0.480 e. The maximum atomic E-state index is 13.2. The van der Waals surface area contributed by atoms with Crippen molar-refractivity contribution in [1.82, 2.24) is 9.88 Å². The number of pyridine rings is 1. The van der Waals surface area contributed by atoms with Crippen molar-refractivity contribution in [3.8, 4) is 0 Å². The Labute approximate surface area is 121 Å². The van der Waals surface area contributed by atoms with Crippen molar-refractivity contribution in [3.63, 3.8) is 0 Å². The molecule has 1 aromatic heterocycles. The number of benzene rings is 1. The third-order valence-electron chi connectivity index (χ3n) is 3.78. The molecule has 1 aromatic carbocycles. The van der Waals surface area contributed by atoms with E-state index in [2.05, 4.69) is 4.98 Å². The van der Waals surface area contributed by atoms with Crippen molar-refractivity contribution in [2.45, 2.75) is 25.6 Å². The Hall–Kier alpha value is -2.27. The van der Waals surface area contributed by atoms with E-state index in [1.165, 1.54) is 6.07 Å². The van der Waals surface area contributed by atoms with E-state index in [-0.39, 0.29) is 0 Å². The number of carboxylic acid groups (broad SMARTS) is 1. The van der Waals surface area contributed by atoms with Crippen LogP contribution in [0.3, 0.4) is 0 Å². The van der Waals surface area contributed by atoms with Crippen LogP contribution in [0, 0.1) is 5.82 Å². The summed E-state index contributed by atoms with van der Waals surface area (Å²) < 4.78 is 13.2. The fourth-order valence-corrected chi connectivity index (χ4v) is 2.76. The van der Waals surface area contributed by atoms with Crippen LogP contribution in [0.5, 0.6) is 0 Å². The van der Waals surface area contributed by atoms with Gasteiger partial charge in [0.1, 0.15) is 11.9 Å². The Morgan fingerprint density at radius 3 is 2.81 bits per heavy atom. The van der Waals surface area contributed by atoms with E-state index in [0.717, 1.165) is 17.3 Å². The first kappa shape index (κ1) is 13.7. The van der Waals surface area contributed by atoms with E-state index in [1.54, 1.807) is 6.20 Å². The molecule has 0 saturated carbocycles. The van der Waals surface area contributed by atoms with Crippen LogP contribution in [0.1, 0.15) is 16.7 Å². The molecule has 1 aliphatic rings. The molecule has 0 fully saturated rings. The first-order chi connectivity index (χ1) is 10.1. The smallest absolute Gasteiger partial charge is 0.321 e. The van der Waals surface area contributed by atoms with Crippen LogP contribution in [-0.4, -0.2) is 27.0 Å². The van der Waals surface area contributed by atoms with Crippen molar-refractivity contribution in [2.75, 3.05) is 0 Å². The van der Waals surface area contributed by atoms with Gasteiger partial charge in [-0.2, -0.15) is 0 Å². The average Bonchev–Trinajstić information content (AvgIpc) is 2.46. The molecular weight excluding hydrogens is 271 g/mol. The Bertz CT molecular complexity index is 675. The molecule has 0 bridgehead atoms. The number of rotatable bonds is 3. The Morgan fingerprint density at radius 1 is 1.33 bits per heavy atom. The van der Waals surface area contributed by atoms with Gasteiger partial charge in [-0.05, 0) is 29.2 Å². The average molecular weight is 286 g/mol. The van der Waals surface area contributed by atoms with Crippen LogP contribution in [0.25, 0.3) is 0 Å². The fourth-order valence-electron chi connectivity index (χ4n) is 2.76. The van der Waals surface area contributed by atoms with Gasteiger partial charge in [-0.3, -0.25) is 14.7 Å². The van der Waals surface area contributed by atoms with Gasteiger partial charge in [-0.25, -0.2) is 4.39 Å². The van der Waals surface area contributed by atoms with Gasteiger partial charge >= 0.3 is 5.97 Å². The summed E-state index contributed by atoms with van der Waals surface area (Å²) in [6, 6.07) is 8.64. The predicted octanol–water partition coefficient (Wildman–Crippen LogP) is 2.23. The monoisotopic (exact) mass is 286 g/mol. The SMILES string of the molecule is O=C(O)[C@@H]1Cc2ccccc2CN1Cc1cncc(F)c1. The molecule has 2 heterocycles. The number of hydrogen-bond acceptors (Lipinski definition) is 3. The van der Waals surface area contributed by atoms with Crippen molar-refractivity contribution in [1.29, 1.82) is 0 Å². The molecule has 3 rings (SSSR count). The summed E-state index contributed by atoms with van der Waals surface area (Å²) in [5.74, 6) is -1.26. The van der Waals surface area contributed by atoms with Crippen molar-refractivity contribution in [3.05, 3.63) is 65.2 Å². The van der Waals surface area contributed by atoms with Gasteiger partial charge in [0.05, 0.1) is 6.20 Å².